The van der Waals surface area contributed by atoms with Crippen LogP contribution in [0.15, 0.2) is 30.9 Å². The standard InChI is InChI=1S/C21H27N3O3/c1-5-19(26)23-10-6-7-16-13-17(8-9-18(16)23)20(27)24-12-11-22(15(2)25)14-21(24,3)4/h5,8-9,13H,1,6-7,10-12,14H2,2-4H3. The lowest BCUT2D eigenvalue weighted by Gasteiger charge is -2.47. The summed E-state index contributed by atoms with van der Waals surface area (Å²) in [5.41, 5.74) is 2.08. The fraction of sp³-hybridized carbons (Fsp3) is 0.476. The van der Waals surface area contributed by atoms with E-state index in [1.807, 2.05) is 30.9 Å². The normalized spacial score (nSPS) is 18.7. The molecule has 0 aromatic heterocycles. The maximum Gasteiger partial charge on any atom is 0.254 e. The summed E-state index contributed by atoms with van der Waals surface area (Å²) in [5.74, 6) is -0.106. The number of carbonyl (C=O) groups excluding carboxylic acids is 3. The first-order valence-electron chi connectivity index (χ1n) is 9.39. The molecule has 1 fully saturated rings. The molecule has 0 saturated carbocycles. The highest BCUT2D eigenvalue weighted by atomic mass is 16.2. The van der Waals surface area contributed by atoms with Crippen LogP contribution in [-0.4, -0.2) is 59.2 Å². The molecule has 1 aromatic rings. The summed E-state index contributed by atoms with van der Waals surface area (Å²) < 4.78 is 0. The molecule has 2 heterocycles. The number of benzene rings is 1. The third-order valence-electron chi connectivity index (χ3n) is 5.48. The van der Waals surface area contributed by atoms with E-state index in [0.29, 0.717) is 31.7 Å². The van der Waals surface area contributed by atoms with Crippen LogP contribution in [0.5, 0.6) is 0 Å². The van der Waals surface area contributed by atoms with Crippen molar-refractivity contribution >= 4 is 23.4 Å². The van der Waals surface area contributed by atoms with E-state index in [2.05, 4.69) is 6.58 Å². The van der Waals surface area contributed by atoms with Gasteiger partial charge in [-0.15, -0.1) is 0 Å². The number of piperazine rings is 1. The predicted molar refractivity (Wildman–Crippen MR) is 105 cm³/mol. The number of aryl methyl sites for hydroxylation is 1. The molecule has 0 atom stereocenters. The maximum absolute atomic E-state index is 13.2. The second kappa shape index (κ2) is 7.18. The van der Waals surface area contributed by atoms with Gasteiger partial charge < -0.3 is 14.7 Å². The van der Waals surface area contributed by atoms with E-state index in [9.17, 15) is 14.4 Å². The van der Waals surface area contributed by atoms with Crippen molar-refractivity contribution in [3.8, 4) is 0 Å². The van der Waals surface area contributed by atoms with E-state index < -0.39 is 5.54 Å². The van der Waals surface area contributed by atoms with Crippen LogP contribution in [0.4, 0.5) is 5.69 Å². The zero-order chi connectivity index (χ0) is 19.8. The largest absolute Gasteiger partial charge is 0.339 e. The summed E-state index contributed by atoms with van der Waals surface area (Å²) in [4.78, 5) is 42.3. The first-order chi connectivity index (χ1) is 12.7. The molecule has 2 aliphatic rings. The quantitative estimate of drug-likeness (QED) is 0.751. The number of anilines is 1. The Morgan fingerprint density at radius 2 is 1.89 bits per heavy atom. The van der Waals surface area contributed by atoms with E-state index in [4.69, 9.17) is 0 Å². The molecule has 6 heteroatoms. The van der Waals surface area contributed by atoms with E-state index in [1.165, 1.54) is 6.08 Å². The molecular weight excluding hydrogens is 342 g/mol. The molecule has 27 heavy (non-hydrogen) atoms. The molecule has 3 rings (SSSR count). The van der Waals surface area contributed by atoms with Crippen molar-refractivity contribution in [2.24, 2.45) is 0 Å². The number of carbonyl (C=O) groups is 3. The van der Waals surface area contributed by atoms with Crippen molar-refractivity contribution in [1.82, 2.24) is 9.80 Å². The molecule has 1 aromatic carbocycles. The van der Waals surface area contributed by atoms with Crippen LogP contribution >= 0.6 is 0 Å². The topological polar surface area (TPSA) is 60.9 Å². The van der Waals surface area contributed by atoms with E-state index in [0.717, 1.165) is 24.1 Å². The minimum atomic E-state index is -0.429. The number of rotatable bonds is 2. The van der Waals surface area contributed by atoms with Crippen molar-refractivity contribution in [1.29, 1.82) is 0 Å². The zero-order valence-electron chi connectivity index (χ0n) is 16.3. The summed E-state index contributed by atoms with van der Waals surface area (Å²) in [6, 6.07) is 5.57. The molecule has 0 aliphatic carbocycles. The number of amides is 3. The Kier molecular flexibility index (Phi) is 5.09. The Hall–Kier alpha value is -2.63. The summed E-state index contributed by atoms with van der Waals surface area (Å²) in [6.45, 7) is 11.4. The fourth-order valence-corrected chi connectivity index (χ4v) is 4.03. The van der Waals surface area contributed by atoms with Gasteiger partial charge in [0.15, 0.2) is 0 Å². The molecule has 0 unspecified atom stereocenters. The van der Waals surface area contributed by atoms with Gasteiger partial charge in [-0.3, -0.25) is 14.4 Å². The highest BCUT2D eigenvalue weighted by molar-refractivity contribution is 6.03. The average molecular weight is 369 g/mol. The van der Waals surface area contributed by atoms with Gasteiger partial charge in [0.2, 0.25) is 11.8 Å². The Morgan fingerprint density at radius 3 is 2.52 bits per heavy atom. The Labute approximate surface area is 160 Å². The van der Waals surface area contributed by atoms with Gasteiger partial charge >= 0.3 is 0 Å². The Bertz CT molecular complexity index is 800. The van der Waals surface area contributed by atoms with Crippen LogP contribution in [0.2, 0.25) is 0 Å². The van der Waals surface area contributed by atoms with Crippen molar-refractivity contribution in [3.63, 3.8) is 0 Å². The van der Waals surface area contributed by atoms with Crippen LogP contribution < -0.4 is 4.90 Å². The molecule has 6 nitrogen and oxygen atoms in total. The zero-order valence-corrected chi connectivity index (χ0v) is 16.3. The van der Waals surface area contributed by atoms with Crippen LogP contribution in [0.25, 0.3) is 0 Å². The van der Waals surface area contributed by atoms with Gasteiger partial charge in [-0.25, -0.2) is 0 Å². The highest BCUT2D eigenvalue weighted by Crippen LogP contribution is 2.30. The Balaban J connectivity index is 1.85. The fourth-order valence-electron chi connectivity index (χ4n) is 4.03. The van der Waals surface area contributed by atoms with Crippen LogP contribution in [0.1, 0.15) is 43.1 Å². The summed E-state index contributed by atoms with van der Waals surface area (Å²) >= 11 is 0. The van der Waals surface area contributed by atoms with Crippen molar-refractivity contribution in [3.05, 3.63) is 42.0 Å². The van der Waals surface area contributed by atoms with Gasteiger partial charge in [-0.2, -0.15) is 0 Å². The Morgan fingerprint density at radius 1 is 1.15 bits per heavy atom. The molecule has 2 aliphatic heterocycles. The summed E-state index contributed by atoms with van der Waals surface area (Å²) in [6.07, 6.45) is 3.04. The van der Waals surface area contributed by atoms with E-state index in [1.54, 1.807) is 22.8 Å². The summed E-state index contributed by atoms with van der Waals surface area (Å²) in [5, 5.41) is 0. The number of hydrogen-bond donors (Lipinski definition) is 0. The first-order valence-corrected chi connectivity index (χ1v) is 9.39. The minimum Gasteiger partial charge on any atom is -0.339 e. The molecule has 3 amide bonds. The van der Waals surface area contributed by atoms with E-state index in [-0.39, 0.29) is 17.7 Å². The van der Waals surface area contributed by atoms with Gasteiger partial charge in [0, 0.05) is 44.4 Å². The molecule has 144 valence electrons. The van der Waals surface area contributed by atoms with Crippen molar-refractivity contribution < 1.29 is 14.4 Å². The lowest BCUT2D eigenvalue weighted by molar-refractivity contribution is -0.133. The number of nitrogens with zero attached hydrogens (tertiary/aromatic N) is 3. The molecular formula is C21H27N3O3. The minimum absolute atomic E-state index is 0.0295. The predicted octanol–water partition coefficient (Wildman–Crippen LogP) is 2.23. The van der Waals surface area contributed by atoms with Crippen LogP contribution in [-0.2, 0) is 16.0 Å². The SMILES string of the molecule is C=CC(=O)N1CCCc2cc(C(=O)N3CCN(C(C)=O)CC3(C)C)ccc21. The number of hydrogen-bond acceptors (Lipinski definition) is 3. The average Bonchev–Trinajstić information content (AvgIpc) is 2.65. The van der Waals surface area contributed by atoms with Gasteiger partial charge in [-0.1, -0.05) is 6.58 Å². The first kappa shape index (κ1) is 19.1. The van der Waals surface area contributed by atoms with Gasteiger partial charge in [0.1, 0.15) is 0 Å². The highest BCUT2D eigenvalue weighted by Gasteiger charge is 2.38. The van der Waals surface area contributed by atoms with Gasteiger partial charge in [0.05, 0.1) is 5.54 Å². The molecule has 1 saturated heterocycles. The lowest BCUT2D eigenvalue weighted by atomic mass is 9.95. The van der Waals surface area contributed by atoms with Gasteiger partial charge in [-0.05, 0) is 56.5 Å². The van der Waals surface area contributed by atoms with Crippen molar-refractivity contribution in [2.45, 2.75) is 39.2 Å². The number of fused-ring (bicyclic) bond motifs is 1. The summed E-state index contributed by atoms with van der Waals surface area (Å²) in [7, 11) is 0. The molecule has 0 bridgehead atoms. The van der Waals surface area contributed by atoms with Crippen molar-refractivity contribution in [2.75, 3.05) is 31.1 Å². The molecule has 0 radical (unpaired) electrons. The lowest BCUT2D eigenvalue weighted by Crippen LogP contribution is -2.61. The second-order valence-corrected chi connectivity index (χ2v) is 7.85. The van der Waals surface area contributed by atoms with Crippen LogP contribution in [0.3, 0.4) is 0 Å². The maximum atomic E-state index is 13.2. The third-order valence-corrected chi connectivity index (χ3v) is 5.48. The van der Waals surface area contributed by atoms with Gasteiger partial charge in [0.25, 0.3) is 5.91 Å². The van der Waals surface area contributed by atoms with Crippen LogP contribution in [0, 0.1) is 0 Å². The molecule has 0 spiro atoms. The molecule has 0 N–H and O–H groups in total. The smallest absolute Gasteiger partial charge is 0.254 e. The van der Waals surface area contributed by atoms with E-state index >= 15 is 0 Å². The third kappa shape index (κ3) is 3.61. The monoisotopic (exact) mass is 369 g/mol. The second-order valence-electron chi connectivity index (χ2n) is 7.85.